The van der Waals surface area contributed by atoms with E-state index < -0.39 is 6.04 Å². The molecule has 0 saturated carbocycles. The molecule has 0 aromatic carbocycles. The fourth-order valence-electron chi connectivity index (χ4n) is 2.75. The standard InChI is InChI=1S/C18H33NO6/c1-24-17(20)14-10-8-6-4-3-5-7-9-12-16(19(22)23)13-11-15-18(21)25-2/h16H,3-15H2,1-2H3. The monoisotopic (exact) mass is 359 g/mol. The Bertz CT molecular complexity index is 386. The second-order valence-electron chi connectivity index (χ2n) is 6.35. The van der Waals surface area contributed by atoms with E-state index in [0.29, 0.717) is 25.7 Å². The number of ether oxygens (including phenoxy) is 2. The molecule has 0 rings (SSSR count). The topological polar surface area (TPSA) is 95.7 Å². The third-order valence-electron chi connectivity index (χ3n) is 4.34. The maximum atomic E-state index is 11.0. The smallest absolute Gasteiger partial charge is 0.305 e. The first kappa shape index (κ1) is 23.3. The molecule has 0 aliphatic rings. The van der Waals surface area contributed by atoms with E-state index in [2.05, 4.69) is 9.47 Å². The zero-order valence-corrected chi connectivity index (χ0v) is 15.7. The lowest BCUT2D eigenvalue weighted by molar-refractivity contribution is -0.524. The lowest BCUT2D eigenvalue weighted by Gasteiger charge is -2.09. The number of carbonyl (C=O) groups excluding carboxylic acids is 2. The fourth-order valence-corrected chi connectivity index (χ4v) is 2.75. The van der Waals surface area contributed by atoms with Crippen molar-refractivity contribution in [2.45, 2.75) is 89.5 Å². The van der Waals surface area contributed by atoms with Crippen LogP contribution in [0.3, 0.4) is 0 Å². The Morgan fingerprint density at radius 2 is 1.16 bits per heavy atom. The number of unbranched alkanes of at least 4 members (excludes halogenated alkanes) is 7. The normalized spacial score (nSPS) is 11.8. The SMILES string of the molecule is COC(=O)CCCCCCCCCCC(CCCC(=O)OC)[N+](=O)[O-]. The number of hydrogen-bond donors (Lipinski definition) is 0. The van der Waals surface area contributed by atoms with Crippen LogP contribution in [0.5, 0.6) is 0 Å². The summed E-state index contributed by atoms with van der Waals surface area (Å²) in [6.07, 6.45) is 10.5. The summed E-state index contributed by atoms with van der Waals surface area (Å²) < 4.78 is 9.13. The second-order valence-corrected chi connectivity index (χ2v) is 6.35. The number of methoxy groups -OCH3 is 2. The minimum atomic E-state index is -0.553. The van der Waals surface area contributed by atoms with E-state index in [9.17, 15) is 19.7 Å². The Labute approximate surface area is 150 Å². The summed E-state index contributed by atoms with van der Waals surface area (Å²) in [4.78, 5) is 32.8. The van der Waals surface area contributed by atoms with Crippen LogP contribution in [0.1, 0.15) is 83.5 Å². The molecule has 7 nitrogen and oxygen atoms in total. The van der Waals surface area contributed by atoms with Gasteiger partial charge < -0.3 is 9.47 Å². The Hall–Kier alpha value is -1.66. The Kier molecular flexibility index (Phi) is 14.8. The van der Waals surface area contributed by atoms with Gasteiger partial charge in [-0.2, -0.15) is 0 Å². The van der Waals surface area contributed by atoms with E-state index in [0.717, 1.165) is 51.4 Å². The van der Waals surface area contributed by atoms with Gasteiger partial charge in [0.05, 0.1) is 14.2 Å². The van der Waals surface area contributed by atoms with Crippen LogP contribution in [0, 0.1) is 10.1 Å². The predicted octanol–water partition coefficient (Wildman–Crippen LogP) is 4.05. The Morgan fingerprint density at radius 3 is 1.64 bits per heavy atom. The quantitative estimate of drug-likeness (QED) is 0.178. The van der Waals surface area contributed by atoms with Crippen LogP contribution in [0.2, 0.25) is 0 Å². The van der Waals surface area contributed by atoms with Crippen molar-refractivity contribution >= 4 is 11.9 Å². The average Bonchev–Trinajstić information content (AvgIpc) is 2.60. The highest BCUT2D eigenvalue weighted by atomic mass is 16.6. The molecule has 0 radical (unpaired) electrons. The number of nitro groups is 1. The minimum absolute atomic E-state index is 0.146. The number of rotatable bonds is 16. The van der Waals surface area contributed by atoms with Crippen LogP contribution in [-0.4, -0.2) is 37.1 Å². The summed E-state index contributed by atoms with van der Waals surface area (Å²) in [6.45, 7) is 0. The number of hydrogen-bond acceptors (Lipinski definition) is 6. The van der Waals surface area contributed by atoms with Crippen LogP contribution in [-0.2, 0) is 19.1 Å². The van der Waals surface area contributed by atoms with Crippen molar-refractivity contribution in [1.82, 2.24) is 0 Å². The van der Waals surface area contributed by atoms with Crippen molar-refractivity contribution < 1.29 is 24.0 Å². The summed E-state index contributed by atoms with van der Waals surface area (Å²) in [5, 5.41) is 11.0. The highest BCUT2D eigenvalue weighted by Gasteiger charge is 2.19. The molecule has 0 spiro atoms. The van der Waals surface area contributed by atoms with E-state index in [1.165, 1.54) is 14.2 Å². The van der Waals surface area contributed by atoms with Crippen molar-refractivity contribution in [3.8, 4) is 0 Å². The van der Waals surface area contributed by atoms with Crippen LogP contribution >= 0.6 is 0 Å². The van der Waals surface area contributed by atoms with Crippen molar-refractivity contribution in [3.63, 3.8) is 0 Å². The van der Waals surface area contributed by atoms with Gasteiger partial charge in [-0.25, -0.2) is 0 Å². The van der Waals surface area contributed by atoms with Crippen molar-refractivity contribution in [2.75, 3.05) is 14.2 Å². The molecule has 0 aliphatic carbocycles. The number of carbonyl (C=O) groups is 2. The maximum Gasteiger partial charge on any atom is 0.305 e. The third-order valence-corrected chi connectivity index (χ3v) is 4.34. The molecule has 0 aromatic rings. The van der Waals surface area contributed by atoms with Crippen LogP contribution in [0.25, 0.3) is 0 Å². The van der Waals surface area contributed by atoms with Gasteiger partial charge in [0.15, 0.2) is 0 Å². The van der Waals surface area contributed by atoms with E-state index in [4.69, 9.17) is 0 Å². The molecule has 7 heteroatoms. The first-order valence-electron chi connectivity index (χ1n) is 9.28. The number of nitrogens with zero attached hydrogens (tertiary/aromatic N) is 1. The van der Waals surface area contributed by atoms with Gasteiger partial charge in [0.25, 0.3) is 0 Å². The molecule has 0 heterocycles. The molecule has 0 N–H and O–H groups in total. The van der Waals surface area contributed by atoms with Gasteiger partial charge in [-0.15, -0.1) is 0 Å². The zero-order valence-electron chi connectivity index (χ0n) is 15.7. The van der Waals surface area contributed by atoms with Gasteiger partial charge in [0.2, 0.25) is 6.04 Å². The molecule has 25 heavy (non-hydrogen) atoms. The molecular formula is C18H33NO6. The highest BCUT2D eigenvalue weighted by Crippen LogP contribution is 2.15. The minimum Gasteiger partial charge on any atom is -0.469 e. The molecule has 146 valence electrons. The van der Waals surface area contributed by atoms with Gasteiger partial charge in [-0.05, 0) is 19.3 Å². The summed E-state index contributed by atoms with van der Waals surface area (Å²) >= 11 is 0. The number of esters is 2. The van der Waals surface area contributed by atoms with Crippen molar-refractivity contribution in [3.05, 3.63) is 10.1 Å². The van der Waals surface area contributed by atoms with E-state index >= 15 is 0 Å². The Balaban J connectivity index is 3.55. The lowest BCUT2D eigenvalue weighted by Crippen LogP contribution is -2.19. The summed E-state index contributed by atoms with van der Waals surface area (Å²) in [5.41, 5.74) is 0. The first-order valence-corrected chi connectivity index (χ1v) is 9.28. The van der Waals surface area contributed by atoms with Crippen LogP contribution in [0.15, 0.2) is 0 Å². The molecule has 0 bridgehead atoms. The Morgan fingerprint density at radius 1 is 0.760 bits per heavy atom. The molecule has 0 aromatic heterocycles. The third kappa shape index (κ3) is 14.4. The summed E-state index contributed by atoms with van der Waals surface area (Å²) in [7, 11) is 2.73. The molecule has 0 saturated heterocycles. The molecule has 0 aliphatic heterocycles. The zero-order chi connectivity index (χ0) is 18.9. The van der Waals surface area contributed by atoms with Gasteiger partial charge in [0, 0.05) is 30.6 Å². The van der Waals surface area contributed by atoms with E-state index in [1.54, 1.807) is 0 Å². The van der Waals surface area contributed by atoms with Crippen molar-refractivity contribution in [1.29, 1.82) is 0 Å². The first-order chi connectivity index (χ1) is 12.0. The van der Waals surface area contributed by atoms with E-state index in [-0.39, 0.29) is 23.3 Å². The maximum absolute atomic E-state index is 11.0. The summed E-state index contributed by atoms with van der Waals surface area (Å²) in [6, 6.07) is -0.553. The van der Waals surface area contributed by atoms with Gasteiger partial charge in [-0.1, -0.05) is 38.5 Å². The second kappa shape index (κ2) is 15.8. The molecule has 0 fully saturated rings. The van der Waals surface area contributed by atoms with E-state index in [1.807, 2.05) is 0 Å². The molecular weight excluding hydrogens is 326 g/mol. The van der Waals surface area contributed by atoms with Crippen molar-refractivity contribution in [2.24, 2.45) is 0 Å². The van der Waals surface area contributed by atoms with Crippen LogP contribution in [0.4, 0.5) is 0 Å². The largest absolute Gasteiger partial charge is 0.469 e. The molecule has 0 amide bonds. The van der Waals surface area contributed by atoms with Gasteiger partial charge in [0.1, 0.15) is 0 Å². The highest BCUT2D eigenvalue weighted by molar-refractivity contribution is 5.69. The summed E-state index contributed by atoms with van der Waals surface area (Å²) in [5.74, 6) is -0.458. The molecule has 1 unspecified atom stereocenters. The van der Waals surface area contributed by atoms with Gasteiger partial charge in [-0.3, -0.25) is 19.7 Å². The van der Waals surface area contributed by atoms with Crippen LogP contribution < -0.4 is 0 Å². The lowest BCUT2D eigenvalue weighted by atomic mass is 10.0. The predicted molar refractivity (Wildman–Crippen MR) is 94.8 cm³/mol. The average molecular weight is 359 g/mol. The fraction of sp³-hybridized carbons (Fsp3) is 0.889. The molecule has 1 atom stereocenters. The van der Waals surface area contributed by atoms with Gasteiger partial charge >= 0.3 is 11.9 Å².